The molecule has 0 rings (SSSR count). The van der Waals surface area contributed by atoms with Crippen molar-refractivity contribution in [3.63, 3.8) is 0 Å². The summed E-state index contributed by atoms with van der Waals surface area (Å²) >= 11 is 1.39. The highest BCUT2D eigenvalue weighted by Gasteiger charge is 2.21. The Bertz CT molecular complexity index is 615. The first kappa shape index (κ1) is 30.2. The van der Waals surface area contributed by atoms with Crippen LogP contribution in [0.1, 0.15) is 58.3 Å². The summed E-state index contributed by atoms with van der Waals surface area (Å²) in [6.07, 6.45) is 22.4. The zero-order valence-corrected chi connectivity index (χ0v) is 20.6. The van der Waals surface area contributed by atoms with Crippen LogP contribution in [-0.2, 0) is 19.1 Å². The Morgan fingerprint density at radius 3 is 2.44 bits per heavy atom. The molecule has 3 N–H and O–H groups in total. The monoisotopic (exact) mass is 467 g/mol. The van der Waals surface area contributed by atoms with E-state index in [2.05, 4.69) is 34.6 Å². The van der Waals surface area contributed by atoms with Gasteiger partial charge < -0.3 is 20.3 Å². The first-order valence-electron chi connectivity index (χ1n) is 11.3. The number of aliphatic hydroxyl groups excluding tert-OH is 1. The Balaban J connectivity index is 4.62. The second kappa shape index (κ2) is 21.0. The molecule has 0 aromatic rings. The molecule has 0 aliphatic heterocycles. The van der Waals surface area contributed by atoms with Crippen molar-refractivity contribution in [3.05, 3.63) is 48.6 Å². The molecule has 0 heterocycles. The molecule has 0 saturated heterocycles. The van der Waals surface area contributed by atoms with E-state index in [1.54, 1.807) is 0 Å². The molecular weight excluding hydrogens is 426 g/mol. The van der Waals surface area contributed by atoms with Gasteiger partial charge in [-0.3, -0.25) is 9.59 Å². The average molecular weight is 468 g/mol. The fourth-order valence-electron chi connectivity index (χ4n) is 2.71. The minimum atomic E-state index is -0.753. The molecule has 0 fully saturated rings. The van der Waals surface area contributed by atoms with E-state index >= 15 is 0 Å². The fraction of sp³-hybridized carbons (Fsp3) is 0.600. The van der Waals surface area contributed by atoms with Crippen molar-refractivity contribution >= 4 is 23.7 Å². The van der Waals surface area contributed by atoms with Crippen molar-refractivity contribution in [2.75, 3.05) is 20.0 Å². The zero-order chi connectivity index (χ0) is 24.0. The minimum Gasteiger partial charge on any atom is -0.469 e. The number of rotatable bonds is 18. The standard InChI is InChI=1S/C25H41NO5S/c1-4-5-6-7-8-9-10-11-12-13-14-15-18-23(32-20-21(26)25(29)31-3)22(27)17-16-19-24(28)30-2/h8-9,11-15,18,21-23,27H,4-7,10,16-17,19-20,26H2,1-3H3/t21?,22-,23-/m1/s1. The molecule has 0 radical (unpaired) electrons. The molecule has 0 aromatic heterocycles. The molecule has 0 saturated carbocycles. The second-order valence-electron chi connectivity index (χ2n) is 7.36. The summed E-state index contributed by atoms with van der Waals surface area (Å²) in [5.41, 5.74) is 5.81. The third-order valence-corrected chi connectivity index (χ3v) is 6.05. The van der Waals surface area contributed by atoms with E-state index in [-0.39, 0.29) is 17.6 Å². The maximum Gasteiger partial charge on any atom is 0.323 e. The average Bonchev–Trinajstić information content (AvgIpc) is 2.80. The number of aliphatic hydroxyl groups is 1. The zero-order valence-electron chi connectivity index (χ0n) is 19.8. The Kier molecular flexibility index (Phi) is 19.8. The molecule has 0 bridgehead atoms. The van der Waals surface area contributed by atoms with Gasteiger partial charge in [0.15, 0.2) is 0 Å². The highest BCUT2D eigenvalue weighted by molar-refractivity contribution is 8.00. The van der Waals surface area contributed by atoms with Gasteiger partial charge in [0.2, 0.25) is 0 Å². The van der Waals surface area contributed by atoms with Crippen molar-refractivity contribution in [1.82, 2.24) is 0 Å². The van der Waals surface area contributed by atoms with Crippen molar-refractivity contribution in [2.24, 2.45) is 5.73 Å². The Morgan fingerprint density at radius 1 is 1.00 bits per heavy atom. The van der Waals surface area contributed by atoms with Crippen LogP contribution in [-0.4, -0.2) is 54.4 Å². The predicted octanol–water partition coefficient (Wildman–Crippen LogP) is 4.49. The molecule has 7 heteroatoms. The molecule has 3 atom stereocenters. The van der Waals surface area contributed by atoms with Gasteiger partial charge >= 0.3 is 11.9 Å². The van der Waals surface area contributed by atoms with E-state index in [1.165, 1.54) is 45.2 Å². The number of nitrogens with two attached hydrogens (primary N) is 1. The van der Waals surface area contributed by atoms with Gasteiger partial charge in [0.25, 0.3) is 0 Å². The summed E-state index contributed by atoms with van der Waals surface area (Å²) < 4.78 is 9.28. The van der Waals surface area contributed by atoms with Crippen LogP contribution in [0.15, 0.2) is 48.6 Å². The number of allylic oxidation sites excluding steroid dienone is 7. The van der Waals surface area contributed by atoms with Gasteiger partial charge in [-0.1, -0.05) is 68.4 Å². The molecule has 1 unspecified atom stereocenters. The lowest BCUT2D eigenvalue weighted by Crippen LogP contribution is -2.35. The Labute approximate surface area is 198 Å². The topological polar surface area (TPSA) is 98.9 Å². The Hall–Kier alpha value is -1.83. The molecule has 0 amide bonds. The first-order chi connectivity index (χ1) is 15.5. The number of carbonyl (C=O) groups excluding carboxylic acids is 2. The van der Waals surface area contributed by atoms with Gasteiger partial charge in [-0.25, -0.2) is 0 Å². The molecule has 6 nitrogen and oxygen atoms in total. The van der Waals surface area contributed by atoms with E-state index in [1.807, 2.05) is 30.4 Å². The second-order valence-corrected chi connectivity index (χ2v) is 8.58. The van der Waals surface area contributed by atoms with Crippen LogP contribution in [0.3, 0.4) is 0 Å². The van der Waals surface area contributed by atoms with E-state index < -0.39 is 18.1 Å². The maximum absolute atomic E-state index is 11.5. The number of esters is 2. The van der Waals surface area contributed by atoms with Crippen LogP contribution in [0.4, 0.5) is 0 Å². The molecule has 0 aromatic carbocycles. The van der Waals surface area contributed by atoms with Crippen molar-refractivity contribution in [2.45, 2.75) is 75.7 Å². The fourth-order valence-corrected chi connectivity index (χ4v) is 3.84. The first-order valence-corrected chi connectivity index (χ1v) is 12.4. The lowest BCUT2D eigenvalue weighted by atomic mass is 10.1. The smallest absolute Gasteiger partial charge is 0.323 e. The molecular formula is C25H41NO5S. The minimum absolute atomic E-state index is 0.258. The lowest BCUT2D eigenvalue weighted by molar-refractivity contribution is -0.142. The number of thioether (sulfide) groups is 1. The number of unbranched alkanes of at least 4 members (excludes halogenated alkanes) is 3. The van der Waals surface area contributed by atoms with E-state index in [0.717, 1.165) is 12.8 Å². The number of methoxy groups -OCH3 is 2. The highest BCUT2D eigenvalue weighted by atomic mass is 32.2. The van der Waals surface area contributed by atoms with Crippen molar-refractivity contribution in [1.29, 1.82) is 0 Å². The summed E-state index contributed by atoms with van der Waals surface area (Å²) in [6.45, 7) is 2.21. The summed E-state index contributed by atoms with van der Waals surface area (Å²) in [4.78, 5) is 22.8. The molecule has 182 valence electrons. The van der Waals surface area contributed by atoms with Crippen molar-refractivity contribution in [3.8, 4) is 0 Å². The summed E-state index contributed by atoms with van der Waals surface area (Å²) in [7, 11) is 2.64. The Morgan fingerprint density at radius 2 is 1.75 bits per heavy atom. The van der Waals surface area contributed by atoms with Crippen molar-refractivity contribution < 1.29 is 24.2 Å². The SMILES string of the molecule is CCCCCC=CCC=CC=CC=C[C@@H](SCC(N)C(=O)OC)[C@H](O)CCCC(=O)OC. The summed E-state index contributed by atoms with van der Waals surface area (Å²) in [6, 6.07) is -0.753. The lowest BCUT2D eigenvalue weighted by Gasteiger charge is -2.20. The van der Waals surface area contributed by atoms with E-state index in [9.17, 15) is 14.7 Å². The van der Waals surface area contributed by atoms with Gasteiger partial charge in [0.05, 0.1) is 20.3 Å². The molecule has 32 heavy (non-hydrogen) atoms. The summed E-state index contributed by atoms with van der Waals surface area (Å²) in [5.74, 6) is -0.454. The molecule has 0 spiro atoms. The van der Waals surface area contributed by atoms with E-state index in [0.29, 0.717) is 18.6 Å². The predicted molar refractivity (Wildman–Crippen MR) is 133 cm³/mol. The molecule has 0 aliphatic rings. The highest BCUT2D eigenvalue weighted by Crippen LogP contribution is 2.21. The summed E-state index contributed by atoms with van der Waals surface area (Å²) in [5, 5.41) is 10.3. The van der Waals surface area contributed by atoms with Gasteiger partial charge in [0, 0.05) is 17.4 Å². The maximum atomic E-state index is 11.5. The van der Waals surface area contributed by atoms with Crippen LogP contribution < -0.4 is 5.73 Å². The van der Waals surface area contributed by atoms with Crippen LogP contribution in [0.25, 0.3) is 0 Å². The quantitative estimate of drug-likeness (QED) is 0.133. The van der Waals surface area contributed by atoms with Crippen LogP contribution in [0.2, 0.25) is 0 Å². The van der Waals surface area contributed by atoms with Crippen LogP contribution >= 0.6 is 11.8 Å². The largest absolute Gasteiger partial charge is 0.469 e. The van der Waals surface area contributed by atoms with E-state index in [4.69, 9.17) is 5.73 Å². The number of hydrogen-bond donors (Lipinski definition) is 2. The number of carbonyl (C=O) groups is 2. The van der Waals surface area contributed by atoms with Gasteiger partial charge in [-0.05, 0) is 32.1 Å². The third-order valence-electron chi connectivity index (χ3n) is 4.64. The van der Waals surface area contributed by atoms with Gasteiger partial charge in [0.1, 0.15) is 6.04 Å². The van der Waals surface area contributed by atoms with Gasteiger partial charge in [-0.15, -0.1) is 11.8 Å². The number of hydrogen-bond acceptors (Lipinski definition) is 7. The molecule has 0 aliphatic carbocycles. The number of ether oxygens (including phenoxy) is 2. The normalized spacial score (nSPS) is 15.0. The third kappa shape index (κ3) is 16.8. The van der Waals surface area contributed by atoms with Gasteiger partial charge in [-0.2, -0.15) is 0 Å². The van der Waals surface area contributed by atoms with Crippen LogP contribution in [0, 0.1) is 0 Å². The van der Waals surface area contributed by atoms with Crippen LogP contribution in [0.5, 0.6) is 0 Å².